The molecule has 0 spiro atoms. The molecular formula is C24H20N2O6. The molecule has 0 radical (unpaired) electrons. The summed E-state index contributed by atoms with van der Waals surface area (Å²) in [6, 6.07) is 20.6. The number of esters is 1. The minimum Gasteiger partial charge on any atom is -0.480 e. The normalized spacial score (nSPS) is 14.2. The second-order valence-electron chi connectivity index (χ2n) is 7.51. The van der Waals surface area contributed by atoms with E-state index in [-0.39, 0.29) is 18.1 Å². The van der Waals surface area contributed by atoms with E-state index in [1.165, 1.54) is 18.2 Å². The van der Waals surface area contributed by atoms with Crippen molar-refractivity contribution in [1.29, 1.82) is 0 Å². The van der Waals surface area contributed by atoms with Crippen LogP contribution in [0.5, 0.6) is 0 Å². The summed E-state index contributed by atoms with van der Waals surface area (Å²) >= 11 is 0. The predicted octanol–water partition coefficient (Wildman–Crippen LogP) is 3.23. The number of hydrogen-bond acceptors (Lipinski definition) is 6. The number of hydrogen-bond donors (Lipinski definition) is 2. The molecule has 1 atom stereocenters. The van der Waals surface area contributed by atoms with Gasteiger partial charge in [0.1, 0.15) is 6.61 Å². The summed E-state index contributed by atoms with van der Waals surface area (Å²) in [7, 11) is 0. The van der Waals surface area contributed by atoms with E-state index in [0.29, 0.717) is 0 Å². The third-order valence-electron chi connectivity index (χ3n) is 5.92. The van der Waals surface area contributed by atoms with E-state index < -0.39 is 34.5 Å². The van der Waals surface area contributed by atoms with Gasteiger partial charge in [0.25, 0.3) is 5.69 Å². The fourth-order valence-corrected chi connectivity index (χ4v) is 4.31. The zero-order chi connectivity index (χ0) is 22.9. The van der Waals surface area contributed by atoms with E-state index >= 15 is 0 Å². The lowest BCUT2D eigenvalue weighted by Crippen LogP contribution is -2.51. The van der Waals surface area contributed by atoms with Crippen molar-refractivity contribution < 1.29 is 24.4 Å². The number of carboxylic acids is 1. The first-order valence-electron chi connectivity index (χ1n) is 9.94. The predicted molar refractivity (Wildman–Crippen MR) is 116 cm³/mol. The number of carbonyl (C=O) groups is 2. The molecule has 3 aromatic rings. The monoisotopic (exact) mass is 432 g/mol. The van der Waals surface area contributed by atoms with Gasteiger partial charge in [-0.2, -0.15) is 0 Å². The molecule has 0 unspecified atom stereocenters. The summed E-state index contributed by atoms with van der Waals surface area (Å²) in [5, 5.41) is 21.4. The standard InChI is InChI=1S/C24H20N2O6/c25-14-24(22(27)28,20-11-5-6-12-21(20)26(30)31)23(29)32-13-19-17-9-3-1-7-15(17)16-8-2-4-10-18(16)19/h1-12,19H,13-14,25H2,(H,27,28)/t24-/m0/s1. The summed E-state index contributed by atoms with van der Waals surface area (Å²) in [4.78, 5) is 36.2. The third kappa shape index (κ3) is 3.21. The van der Waals surface area contributed by atoms with E-state index in [1.54, 1.807) is 0 Å². The van der Waals surface area contributed by atoms with E-state index in [2.05, 4.69) is 0 Å². The van der Waals surface area contributed by atoms with E-state index in [1.807, 2.05) is 48.5 Å². The van der Waals surface area contributed by atoms with Crippen LogP contribution in [0.4, 0.5) is 5.69 Å². The van der Waals surface area contributed by atoms with Crippen LogP contribution < -0.4 is 5.73 Å². The maximum Gasteiger partial charge on any atom is 0.329 e. The highest BCUT2D eigenvalue weighted by atomic mass is 16.6. The number of rotatable bonds is 7. The number of nitrogens with two attached hydrogens (primary N) is 1. The smallest absolute Gasteiger partial charge is 0.329 e. The maximum absolute atomic E-state index is 13.2. The lowest BCUT2D eigenvalue weighted by atomic mass is 9.79. The van der Waals surface area contributed by atoms with Crippen molar-refractivity contribution >= 4 is 17.6 Å². The number of carbonyl (C=O) groups excluding carboxylic acids is 1. The molecular weight excluding hydrogens is 412 g/mol. The average molecular weight is 432 g/mol. The second kappa shape index (κ2) is 8.24. The topological polar surface area (TPSA) is 133 Å². The average Bonchev–Trinajstić information content (AvgIpc) is 3.12. The molecule has 0 amide bonds. The van der Waals surface area contributed by atoms with Crippen molar-refractivity contribution in [1.82, 2.24) is 0 Å². The first-order valence-corrected chi connectivity index (χ1v) is 9.94. The van der Waals surface area contributed by atoms with Gasteiger partial charge in [0.15, 0.2) is 0 Å². The van der Waals surface area contributed by atoms with Crippen LogP contribution in [0.3, 0.4) is 0 Å². The van der Waals surface area contributed by atoms with Gasteiger partial charge in [-0.15, -0.1) is 0 Å². The van der Waals surface area contributed by atoms with Gasteiger partial charge in [0.2, 0.25) is 5.41 Å². The number of nitrogens with zero attached hydrogens (tertiary/aromatic N) is 1. The van der Waals surface area contributed by atoms with Gasteiger partial charge in [-0.1, -0.05) is 66.7 Å². The number of nitro groups is 1. The summed E-state index contributed by atoms with van der Waals surface area (Å²) in [6.45, 7) is -0.813. The van der Waals surface area contributed by atoms with Gasteiger partial charge < -0.3 is 15.6 Å². The Balaban J connectivity index is 1.70. The Kier molecular flexibility index (Phi) is 5.46. The van der Waals surface area contributed by atoms with E-state index in [4.69, 9.17) is 10.5 Å². The molecule has 4 rings (SSSR count). The SMILES string of the molecule is NC[C@](C(=O)O)(C(=O)OCC1c2ccccc2-c2ccccc21)c1ccccc1[N+](=O)[O-]. The highest BCUT2D eigenvalue weighted by molar-refractivity contribution is 6.07. The molecule has 0 aromatic heterocycles. The quantitative estimate of drug-likeness (QED) is 0.253. The molecule has 1 aliphatic carbocycles. The van der Waals surface area contributed by atoms with Crippen molar-refractivity contribution in [3.63, 3.8) is 0 Å². The molecule has 8 heteroatoms. The molecule has 3 N–H and O–H groups in total. The van der Waals surface area contributed by atoms with Crippen molar-refractivity contribution in [3.05, 3.63) is 99.6 Å². The van der Waals surface area contributed by atoms with E-state index in [0.717, 1.165) is 28.3 Å². The summed E-state index contributed by atoms with van der Waals surface area (Å²) < 4.78 is 5.52. The summed E-state index contributed by atoms with van der Waals surface area (Å²) in [5.41, 5.74) is 6.49. The Morgan fingerprint density at radius 1 is 0.969 bits per heavy atom. The summed E-state index contributed by atoms with van der Waals surface area (Å²) in [6.07, 6.45) is 0. The van der Waals surface area contributed by atoms with Gasteiger partial charge in [0, 0.05) is 18.5 Å². The molecule has 1 aliphatic rings. The minimum absolute atomic E-state index is 0.122. The highest BCUT2D eigenvalue weighted by Crippen LogP contribution is 2.45. The Bertz CT molecular complexity index is 1180. The van der Waals surface area contributed by atoms with Crippen LogP contribution in [0.25, 0.3) is 11.1 Å². The number of ether oxygens (including phenoxy) is 1. The highest BCUT2D eigenvalue weighted by Gasteiger charge is 2.52. The van der Waals surface area contributed by atoms with Gasteiger partial charge in [-0.25, -0.2) is 0 Å². The Morgan fingerprint density at radius 3 is 2.03 bits per heavy atom. The van der Waals surface area contributed by atoms with Crippen molar-refractivity contribution in [2.45, 2.75) is 11.3 Å². The number of para-hydroxylation sites is 1. The fourth-order valence-electron chi connectivity index (χ4n) is 4.31. The molecule has 0 aliphatic heterocycles. The summed E-state index contributed by atoms with van der Waals surface area (Å²) in [5.74, 6) is -3.03. The Hall–Kier alpha value is -4.04. The largest absolute Gasteiger partial charge is 0.480 e. The molecule has 162 valence electrons. The van der Waals surface area contributed by atoms with Crippen LogP contribution in [0.2, 0.25) is 0 Å². The molecule has 0 saturated heterocycles. The van der Waals surface area contributed by atoms with E-state index in [9.17, 15) is 24.8 Å². The number of fused-ring (bicyclic) bond motifs is 3. The van der Waals surface area contributed by atoms with Gasteiger partial charge in [-0.3, -0.25) is 19.7 Å². The molecule has 32 heavy (non-hydrogen) atoms. The van der Waals surface area contributed by atoms with Crippen LogP contribution in [-0.2, 0) is 19.7 Å². The Labute approximate surface area is 183 Å². The lowest BCUT2D eigenvalue weighted by Gasteiger charge is -2.26. The number of nitro benzene ring substituents is 1. The lowest BCUT2D eigenvalue weighted by molar-refractivity contribution is -0.386. The molecule has 8 nitrogen and oxygen atoms in total. The molecule has 0 bridgehead atoms. The Morgan fingerprint density at radius 2 is 1.50 bits per heavy atom. The minimum atomic E-state index is -2.40. The zero-order valence-electron chi connectivity index (χ0n) is 16.9. The molecule has 0 fully saturated rings. The van der Waals surface area contributed by atoms with Crippen LogP contribution in [0.1, 0.15) is 22.6 Å². The van der Waals surface area contributed by atoms with Gasteiger partial charge in [0.05, 0.1) is 10.5 Å². The third-order valence-corrected chi connectivity index (χ3v) is 5.92. The van der Waals surface area contributed by atoms with Crippen LogP contribution in [0.15, 0.2) is 72.8 Å². The molecule has 0 heterocycles. The van der Waals surface area contributed by atoms with Crippen molar-refractivity contribution in [3.8, 4) is 11.1 Å². The first kappa shape index (κ1) is 21.2. The van der Waals surface area contributed by atoms with Crippen LogP contribution in [0, 0.1) is 10.1 Å². The van der Waals surface area contributed by atoms with Crippen molar-refractivity contribution in [2.75, 3.05) is 13.2 Å². The second-order valence-corrected chi connectivity index (χ2v) is 7.51. The van der Waals surface area contributed by atoms with Gasteiger partial charge >= 0.3 is 11.9 Å². The number of carboxylic acid groups (broad SMARTS) is 1. The maximum atomic E-state index is 13.2. The zero-order valence-corrected chi connectivity index (χ0v) is 16.9. The molecule has 3 aromatic carbocycles. The number of benzene rings is 3. The molecule has 0 saturated carbocycles. The fraction of sp³-hybridized carbons (Fsp3) is 0.167. The number of aliphatic carboxylic acids is 1. The first-order chi connectivity index (χ1) is 15.4. The van der Waals surface area contributed by atoms with Crippen molar-refractivity contribution in [2.24, 2.45) is 5.73 Å². The van der Waals surface area contributed by atoms with Gasteiger partial charge in [-0.05, 0) is 22.3 Å². The van der Waals surface area contributed by atoms with Crippen LogP contribution in [-0.4, -0.2) is 35.1 Å². The van der Waals surface area contributed by atoms with Crippen LogP contribution >= 0.6 is 0 Å².